The van der Waals surface area contributed by atoms with Crippen LogP contribution in [0.3, 0.4) is 0 Å². The number of benzene rings is 2. The van der Waals surface area contributed by atoms with Gasteiger partial charge in [0.25, 0.3) is 0 Å². The minimum Gasteiger partial charge on any atom is -0.399 e. The molecule has 6 heteroatoms. The Morgan fingerprint density at radius 2 is 1.75 bits per heavy atom. The number of anilines is 3. The number of hydrogen-bond acceptors (Lipinski definition) is 4. The molecule has 0 aliphatic rings. The van der Waals surface area contributed by atoms with Gasteiger partial charge in [-0.2, -0.15) is 0 Å². The average molecular weight is 325 g/mol. The Hall–Kier alpha value is -3.15. The van der Waals surface area contributed by atoms with E-state index in [2.05, 4.69) is 5.32 Å². The molecule has 0 aliphatic carbocycles. The standard InChI is InChI=1S/C18H19N3O3/c1-3-13-7-9-15(10-8-13)20-17(23)18(24)21(12(2)22)16-6-4-5-14(19)11-16/h4-11H,3,19H2,1-2H3,(H,20,23). The highest BCUT2D eigenvalue weighted by Gasteiger charge is 2.27. The largest absolute Gasteiger partial charge is 0.399 e. The summed E-state index contributed by atoms with van der Waals surface area (Å²) in [5, 5.41) is 2.50. The molecule has 2 aromatic carbocycles. The lowest BCUT2D eigenvalue weighted by molar-refractivity contribution is -0.136. The third-order valence-corrected chi connectivity index (χ3v) is 3.46. The van der Waals surface area contributed by atoms with Crippen LogP contribution < -0.4 is 16.0 Å². The molecule has 24 heavy (non-hydrogen) atoms. The van der Waals surface area contributed by atoms with Crippen molar-refractivity contribution in [2.45, 2.75) is 20.3 Å². The summed E-state index contributed by atoms with van der Waals surface area (Å²) in [4.78, 5) is 37.2. The molecule has 0 bridgehead atoms. The Bertz CT molecular complexity index is 769. The monoisotopic (exact) mass is 325 g/mol. The third kappa shape index (κ3) is 3.98. The predicted octanol–water partition coefficient (Wildman–Crippen LogP) is 2.35. The van der Waals surface area contributed by atoms with Gasteiger partial charge >= 0.3 is 11.8 Å². The Kier molecular flexibility index (Phi) is 5.31. The van der Waals surface area contributed by atoms with E-state index in [0.717, 1.165) is 16.9 Å². The SMILES string of the molecule is CCc1ccc(NC(=O)C(=O)N(C(C)=O)c2cccc(N)c2)cc1. The second-order valence-corrected chi connectivity index (χ2v) is 5.26. The minimum atomic E-state index is -0.965. The minimum absolute atomic E-state index is 0.254. The summed E-state index contributed by atoms with van der Waals surface area (Å²) >= 11 is 0. The fraction of sp³-hybridized carbons (Fsp3) is 0.167. The van der Waals surface area contributed by atoms with Gasteiger partial charge in [-0.25, -0.2) is 4.90 Å². The number of rotatable bonds is 3. The maximum Gasteiger partial charge on any atom is 0.323 e. The van der Waals surface area contributed by atoms with E-state index in [-0.39, 0.29) is 5.69 Å². The van der Waals surface area contributed by atoms with E-state index in [1.54, 1.807) is 30.3 Å². The van der Waals surface area contributed by atoms with Crippen molar-refractivity contribution < 1.29 is 14.4 Å². The van der Waals surface area contributed by atoms with Crippen LogP contribution in [0.5, 0.6) is 0 Å². The number of hydrogen-bond donors (Lipinski definition) is 2. The summed E-state index contributed by atoms with van der Waals surface area (Å²) in [5.74, 6) is -2.42. The van der Waals surface area contributed by atoms with Crippen LogP contribution >= 0.6 is 0 Å². The molecule has 0 saturated heterocycles. The molecular weight excluding hydrogens is 306 g/mol. The van der Waals surface area contributed by atoms with Crippen molar-refractivity contribution in [3.63, 3.8) is 0 Å². The van der Waals surface area contributed by atoms with E-state index >= 15 is 0 Å². The number of nitrogen functional groups attached to an aromatic ring is 1. The summed E-state index contributed by atoms with van der Waals surface area (Å²) in [6.07, 6.45) is 0.876. The molecule has 124 valence electrons. The summed E-state index contributed by atoms with van der Waals surface area (Å²) in [6, 6.07) is 13.4. The predicted molar refractivity (Wildman–Crippen MR) is 93.5 cm³/mol. The van der Waals surface area contributed by atoms with Gasteiger partial charge in [0, 0.05) is 18.3 Å². The van der Waals surface area contributed by atoms with E-state index in [9.17, 15) is 14.4 Å². The Morgan fingerprint density at radius 3 is 2.29 bits per heavy atom. The number of amides is 3. The summed E-state index contributed by atoms with van der Waals surface area (Å²) < 4.78 is 0. The molecule has 0 radical (unpaired) electrons. The van der Waals surface area contributed by atoms with Crippen LogP contribution in [0.25, 0.3) is 0 Å². The number of aryl methyl sites for hydroxylation is 1. The molecule has 0 heterocycles. The molecule has 3 N–H and O–H groups in total. The van der Waals surface area contributed by atoms with Crippen LogP contribution in [0, 0.1) is 0 Å². The van der Waals surface area contributed by atoms with Crippen molar-refractivity contribution in [1.82, 2.24) is 0 Å². The normalized spacial score (nSPS) is 10.1. The number of carbonyl (C=O) groups is 3. The van der Waals surface area contributed by atoms with E-state index in [1.807, 2.05) is 19.1 Å². The first kappa shape index (κ1) is 17.2. The molecule has 0 unspecified atom stereocenters. The topological polar surface area (TPSA) is 92.5 Å². The molecular formula is C18H19N3O3. The molecule has 0 atom stereocenters. The molecule has 3 amide bonds. The van der Waals surface area contributed by atoms with Gasteiger partial charge in [-0.05, 0) is 42.3 Å². The van der Waals surface area contributed by atoms with Crippen molar-refractivity contribution in [2.24, 2.45) is 0 Å². The molecule has 2 aromatic rings. The molecule has 0 fully saturated rings. The van der Waals surface area contributed by atoms with Crippen molar-refractivity contribution in [3.05, 3.63) is 54.1 Å². The summed E-state index contributed by atoms with van der Waals surface area (Å²) in [7, 11) is 0. The zero-order valence-corrected chi connectivity index (χ0v) is 13.6. The van der Waals surface area contributed by atoms with Gasteiger partial charge in [0.2, 0.25) is 5.91 Å². The average Bonchev–Trinajstić information content (AvgIpc) is 2.55. The van der Waals surface area contributed by atoms with E-state index in [4.69, 9.17) is 5.73 Å². The van der Waals surface area contributed by atoms with Gasteiger partial charge < -0.3 is 11.1 Å². The molecule has 2 rings (SSSR count). The van der Waals surface area contributed by atoms with Crippen LogP contribution in [0.4, 0.5) is 17.1 Å². The molecule has 0 spiro atoms. The van der Waals surface area contributed by atoms with Gasteiger partial charge in [-0.15, -0.1) is 0 Å². The lowest BCUT2D eigenvalue weighted by Gasteiger charge is -2.19. The van der Waals surface area contributed by atoms with Crippen molar-refractivity contribution in [2.75, 3.05) is 16.0 Å². The van der Waals surface area contributed by atoms with Gasteiger partial charge in [0.1, 0.15) is 0 Å². The van der Waals surface area contributed by atoms with Crippen molar-refractivity contribution in [3.8, 4) is 0 Å². The summed E-state index contributed by atoms with van der Waals surface area (Å²) in [6.45, 7) is 3.23. The number of nitrogens with two attached hydrogens (primary N) is 1. The first-order chi connectivity index (χ1) is 11.4. The van der Waals surface area contributed by atoms with E-state index in [1.165, 1.54) is 13.0 Å². The number of imide groups is 1. The molecule has 0 saturated carbocycles. The van der Waals surface area contributed by atoms with Crippen LogP contribution in [0.1, 0.15) is 19.4 Å². The highest BCUT2D eigenvalue weighted by Crippen LogP contribution is 2.19. The number of nitrogens with zero attached hydrogens (tertiary/aromatic N) is 1. The second-order valence-electron chi connectivity index (χ2n) is 5.26. The van der Waals surface area contributed by atoms with Crippen molar-refractivity contribution >= 4 is 34.8 Å². The second kappa shape index (κ2) is 7.41. The van der Waals surface area contributed by atoms with Gasteiger partial charge in [0.15, 0.2) is 0 Å². The number of carbonyl (C=O) groups excluding carboxylic acids is 3. The fourth-order valence-electron chi connectivity index (χ4n) is 2.22. The highest BCUT2D eigenvalue weighted by atomic mass is 16.2. The van der Waals surface area contributed by atoms with Crippen molar-refractivity contribution in [1.29, 1.82) is 0 Å². The fourth-order valence-corrected chi connectivity index (χ4v) is 2.22. The van der Waals surface area contributed by atoms with Crippen LogP contribution in [-0.2, 0) is 20.8 Å². The molecule has 0 aliphatic heterocycles. The smallest absolute Gasteiger partial charge is 0.323 e. The van der Waals surface area contributed by atoms with Crippen LogP contribution in [0.2, 0.25) is 0 Å². The maximum atomic E-state index is 12.4. The summed E-state index contributed by atoms with van der Waals surface area (Å²) in [5.41, 5.74) is 7.92. The Balaban J connectivity index is 2.19. The quantitative estimate of drug-likeness (QED) is 0.669. The van der Waals surface area contributed by atoms with E-state index in [0.29, 0.717) is 11.4 Å². The third-order valence-electron chi connectivity index (χ3n) is 3.46. The van der Waals surface area contributed by atoms with Gasteiger partial charge in [-0.1, -0.05) is 25.1 Å². The van der Waals surface area contributed by atoms with Crippen LogP contribution in [-0.4, -0.2) is 17.7 Å². The highest BCUT2D eigenvalue weighted by molar-refractivity contribution is 6.48. The zero-order valence-electron chi connectivity index (χ0n) is 13.6. The number of nitrogens with one attached hydrogen (secondary N) is 1. The lowest BCUT2D eigenvalue weighted by atomic mass is 10.1. The first-order valence-corrected chi connectivity index (χ1v) is 7.53. The first-order valence-electron chi connectivity index (χ1n) is 7.53. The zero-order chi connectivity index (χ0) is 17.7. The molecule has 6 nitrogen and oxygen atoms in total. The van der Waals surface area contributed by atoms with Crippen LogP contribution in [0.15, 0.2) is 48.5 Å². The van der Waals surface area contributed by atoms with E-state index < -0.39 is 17.7 Å². The van der Waals surface area contributed by atoms with Gasteiger partial charge in [0.05, 0.1) is 5.69 Å². The molecule has 0 aromatic heterocycles. The Labute approximate surface area is 140 Å². The maximum absolute atomic E-state index is 12.4. The Morgan fingerprint density at radius 1 is 1.08 bits per heavy atom. The lowest BCUT2D eigenvalue weighted by Crippen LogP contribution is -2.42. The van der Waals surface area contributed by atoms with Gasteiger partial charge in [-0.3, -0.25) is 14.4 Å².